The number of hydrogen-bond donors (Lipinski definition) is 0. The van der Waals surface area contributed by atoms with Crippen molar-refractivity contribution in [2.24, 2.45) is 0 Å². The Labute approximate surface area is 566 Å². The summed E-state index contributed by atoms with van der Waals surface area (Å²) in [6.07, 6.45) is 0. The average Bonchev–Trinajstić information content (AvgIpc) is 1.57. The first-order valence-corrected chi connectivity index (χ1v) is 32.4. The van der Waals surface area contributed by atoms with Crippen LogP contribution in [0.25, 0.3) is 172 Å². The molecule has 17 aromatic rings. The number of rotatable bonds is 12. The van der Waals surface area contributed by atoms with Crippen LogP contribution in [-0.2, 0) is 0 Å². The maximum atomic E-state index is 11.0. The molecule has 3 aromatic heterocycles. The Morgan fingerprint density at radius 2 is 0.582 bits per heavy atom. The molecule has 454 valence electrons. The fourth-order valence-electron chi connectivity index (χ4n) is 13.9. The summed E-state index contributed by atoms with van der Waals surface area (Å²) >= 11 is 0. The van der Waals surface area contributed by atoms with Gasteiger partial charge < -0.3 is 9.13 Å². The van der Waals surface area contributed by atoms with E-state index in [-0.39, 0.29) is 0 Å². The van der Waals surface area contributed by atoms with E-state index in [0.717, 1.165) is 138 Å². The van der Waals surface area contributed by atoms with Crippen molar-refractivity contribution < 1.29 is 0 Å². The van der Waals surface area contributed by atoms with Crippen molar-refractivity contribution in [3.63, 3.8) is 0 Å². The van der Waals surface area contributed by atoms with Gasteiger partial charge >= 0.3 is 0 Å². The maximum Gasteiger partial charge on any atom is 0.194 e. The number of hydrogen-bond acceptors (Lipinski definition) is 5. The summed E-state index contributed by atoms with van der Waals surface area (Å²) in [5, 5.41) is 24.9. The highest BCUT2D eigenvalue weighted by molar-refractivity contribution is 6.14. The molecule has 0 atom stereocenters. The largest absolute Gasteiger partial charge is 0.309 e. The second-order valence-electron chi connectivity index (χ2n) is 24.4. The normalized spacial score (nSPS) is 11.2. The molecule has 0 aliphatic carbocycles. The van der Waals surface area contributed by atoms with Gasteiger partial charge in [-0.2, -0.15) is 10.5 Å². The number of nitrogens with zero attached hydrogens (tertiary/aromatic N) is 8. The Morgan fingerprint density at radius 1 is 0.265 bits per heavy atom. The number of nitriles is 2. The van der Waals surface area contributed by atoms with Crippen molar-refractivity contribution in [1.29, 1.82) is 10.5 Å². The molecule has 0 aliphatic rings. The van der Waals surface area contributed by atoms with Crippen molar-refractivity contribution in [1.82, 2.24) is 24.1 Å². The lowest BCUT2D eigenvalue weighted by Gasteiger charge is -2.18. The summed E-state index contributed by atoms with van der Waals surface area (Å²) in [6, 6.07) is 117. The predicted molar refractivity (Wildman–Crippen MR) is 399 cm³/mol. The van der Waals surface area contributed by atoms with Gasteiger partial charge in [-0.3, -0.25) is 0 Å². The van der Waals surface area contributed by atoms with Crippen molar-refractivity contribution >= 4 is 49.3 Å². The molecule has 0 spiro atoms. The molecule has 14 aromatic carbocycles. The van der Waals surface area contributed by atoms with E-state index >= 15 is 0 Å². The lowest BCUT2D eigenvalue weighted by Crippen LogP contribution is -2.03. The zero-order chi connectivity index (χ0) is 65.6. The molecule has 0 radical (unpaired) electrons. The molecular weight excluding hydrogens is 1190 g/mol. The second-order valence-corrected chi connectivity index (χ2v) is 24.4. The molecule has 0 aliphatic heterocycles. The number of fused-ring (bicyclic) bond motifs is 6. The van der Waals surface area contributed by atoms with Gasteiger partial charge in [0.25, 0.3) is 0 Å². The lowest BCUT2D eigenvalue weighted by molar-refractivity contribution is 1.07. The molecule has 0 N–H and O–H groups in total. The molecule has 0 fully saturated rings. The van der Waals surface area contributed by atoms with Gasteiger partial charge in [0.1, 0.15) is 0 Å². The van der Waals surface area contributed by atoms with E-state index < -0.39 is 0 Å². The van der Waals surface area contributed by atoms with E-state index in [9.17, 15) is 10.5 Å². The minimum Gasteiger partial charge on any atom is -0.309 e. The van der Waals surface area contributed by atoms with Crippen LogP contribution < -0.4 is 0 Å². The molecule has 8 heteroatoms. The van der Waals surface area contributed by atoms with Crippen LogP contribution in [0.2, 0.25) is 0 Å². The standard InChI is InChI=1S/C90H54N8/c1-93-81-29-17-16-28-74(81)76-55-71(43-49-83(76)98-86-46-40-68(61-22-10-4-11-23-61)52-79(86)80-53-69(41-47-87(80)98)62-24-12-5-13-25-62)90-95-88(65-36-34-64(35-37-65)63-32-30-58(56-91)31-33-63)94-89(96-90)70-42-48-82(75(54-70)73-27-15-14-26-72(73)57-92)97-84-44-38-66(59-18-6-2-7-19-59)50-77(84)78-51-67(39-45-85(78)97)60-20-8-3-9-21-60/h2-55H. The Hall–Kier alpha value is -13.8. The number of para-hydroxylation sites is 1. The van der Waals surface area contributed by atoms with E-state index in [1.54, 1.807) is 0 Å². The van der Waals surface area contributed by atoms with Gasteiger partial charge in [0.05, 0.1) is 63.3 Å². The van der Waals surface area contributed by atoms with Gasteiger partial charge in [0.15, 0.2) is 23.2 Å². The molecule has 98 heavy (non-hydrogen) atoms. The highest BCUT2D eigenvalue weighted by Gasteiger charge is 2.24. The summed E-state index contributed by atoms with van der Waals surface area (Å²) in [4.78, 5) is 20.4. The Morgan fingerprint density at radius 3 is 0.980 bits per heavy atom. The minimum absolute atomic E-state index is 0.420. The highest BCUT2D eigenvalue weighted by Crippen LogP contribution is 2.45. The maximum absolute atomic E-state index is 11.0. The predicted octanol–water partition coefficient (Wildman–Crippen LogP) is 23.0. The number of benzene rings is 14. The van der Waals surface area contributed by atoms with Gasteiger partial charge in [-0.15, -0.1) is 0 Å². The van der Waals surface area contributed by atoms with Crippen molar-refractivity contribution in [2.45, 2.75) is 0 Å². The summed E-state index contributed by atoms with van der Waals surface area (Å²) < 4.78 is 4.66. The average molecular weight is 1250 g/mol. The first-order chi connectivity index (χ1) is 48.4. The van der Waals surface area contributed by atoms with E-state index in [1.807, 2.05) is 109 Å². The SMILES string of the molecule is [C-]#[N+]c1ccccc1-c1cc(-c2nc(-c3ccc(-c4ccc(C#N)cc4)cc3)nc(-c3ccc(-n4c5ccc(-c6ccccc6)cc5c5cc(-c6ccccc6)ccc54)c(-c4ccccc4C#N)c3)n2)ccc1-n1c2ccc(-c3ccccc3)cc2c2cc(-c3ccccc3)ccc21. The van der Waals surface area contributed by atoms with Gasteiger partial charge in [-0.05, 0) is 170 Å². The van der Waals surface area contributed by atoms with Crippen LogP contribution in [0.1, 0.15) is 11.1 Å². The van der Waals surface area contributed by atoms with Crippen molar-refractivity contribution in [3.05, 3.63) is 350 Å². The van der Waals surface area contributed by atoms with E-state index in [1.165, 1.54) is 0 Å². The Kier molecular flexibility index (Phi) is 14.5. The van der Waals surface area contributed by atoms with E-state index in [0.29, 0.717) is 45.4 Å². The van der Waals surface area contributed by atoms with E-state index in [4.69, 9.17) is 21.5 Å². The van der Waals surface area contributed by atoms with Crippen LogP contribution in [0.15, 0.2) is 328 Å². The van der Waals surface area contributed by atoms with Crippen molar-refractivity contribution in [2.75, 3.05) is 0 Å². The first kappa shape index (κ1) is 58.0. The fourth-order valence-corrected chi connectivity index (χ4v) is 13.9. The lowest BCUT2D eigenvalue weighted by atomic mass is 9.96. The number of aromatic nitrogens is 5. The molecule has 3 heterocycles. The van der Waals surface area contributed by atoms with E-state index in [2.05, 4.69) is 245 Å². The molecular formula is C90H54N8. The molecule has 0 amide bonds. The summed E-state index contributed by atoms with van der Waals surface area (Å²) in [6.45, 7) is 8.58. The van der Waals surface area contributed by atoms with Crippen molar-refractivity contribution in [3.8, 4) is 136 Å². The van der Waals surface area contributed by atoms with Gasteiger partial charge in [-0.25, -0.2) is 19.8 Å². The van der Waals surface area contributed by atoms with Crippen LogP contribution >= 0.6 is 0 Å². The molecule has 0 saturated heterocycles. The third-order valence-electron chi connectivity index (χ3n) is 18.7. The molecule has 0 bridgehead atoms. The monoisotopic (exact) mass is 1250 g/mol. The van der Waals surface area contributed by atoms with Gasteiger partial charge in [0.2, 0.25) is 0 Å². The van der Waals surface area contributed by atoms with Gasteiger partial charge in [0, 0.05) is 49.4 Å². The van der Waals surface area contributed by atoms with Crippen LogP contribution in [-0.4, -0.2) is 24.1 Å². The molecule has 0 saturated carbocycles. The van der Waals surface area contributed by atoms with Crippen LogP contribution in [0.4, 0.5) is 5.69 Å². The summed E-state index contributed by atoms with van der Waals surface area (Å²) in [5.74, 6) is 1.29. The van der Waals surface area contributed by atoms with Crippen LogP contribution in [0, 0.1) is 29.2 Å². The first-order valence-electron chi connectivity index (χ1n) is 32.4. The summed E-state index contributed by atoms with van der Waals surface area (Å²) in [5.41, 5.74) is 23.6. The highest BCUT2D eigenvalue weighted by atomic mass is 15.0. The Balaban J connectivity index is 0.884. The minimum atomic E-state index is 0.420. The fraction of sp³-hybridized carbons (Fsp3) is 0. The topological polar surface area (TPSA) is 100 Å². The summed E-state index contributed by atoms with van der Waals surface area (Å²) in [7, 11) is 0. The van der Waals surface area contributed by atoms with Crippen LogP contribution in [0.5, 0.6) is 0 Å². The molecule has 17 rings (SSSR count). The zero-order valence-corrected chi connectivity index (χ0v) is 52.8. The van der Waals surface area contributed by atoms with Crippen LogP contribution in [0.3, 0.4) is 0 Å². The quantitative estimate of drug-likeness (QED) is 0.113. The zero-order valence-electron chi connectivity index (χ0n) is 52.8. The molecule has 8 nitrogen and oxygen atoms in total. The smallest absolute Gasteiger partial charge is 0.194 e. The molecule has 0 unspecified atom stereocenters. The third kappa shape index (κ3) is 10.4. The Bertz CT molecular complexity index is 5590. The second kappa shape index (κ2) is 24.6. The third-order valence-corrected chi connectivity index (χ3v) is 18.7. The van der Waals surface area contributed by atoms with Gasteiger partial charge in [-0.1, -0.05) is 224 Å².